The normalized spacial score (nSPS) is 12.5. The van der Waals surface area contributed by atoms with Gasteiger partial charge in [-0.1, -0.05) is 51.3 Å². The maximum absolute atomic E-state index is 13.9. The van der Waals surface area contributed by atoms with Gasteiger partial charge in [-0.05, 0) is 37.1 Å². The molecule has 0 heterocycles. The molecule has 0 aliphatic carbocycles. The van der Waals surface area contributed by atoms with Crippen molar-refractivity contribution in [2.24, 2.45) is 0 Å². The lowest BCUT2D eigenvalue weighted by molar-refractivity contribution is 0.588. The first kappa shape index (κ1) is 14.5. The number of alkyl halides is 1. The van der Waals surface area contributed by atoms with Crippen molar-refractivity contribution < 1.29 is 8.78 Å². The Hall–Kier alpha value is -0.930. The molecular formula is C15H12BrClF2. The van der Waals surface area contributed by atoms with E-state index in [1.54, 1.807) is 0 Å². The second kappa shape index (κ2) is 5.59. The molecule has 0 aromatic heterocycles. The minimum atomic E-state index is -0.618. The minimum absolute atomic E-state index is 0.207. The molecule has 0 amide bonds. The monoisotopic (exact) mass is 344 g/mol. The highest BCUT2D eigenvalue weighted by Crippen LogP contribution is 2.36. The predicted molar refractivity (Wildman–Crippen MR) is 78.1 cm³/mol. The molecule has 0 aliphatic rings. The van der Waals surface area contributed by atoms with Crippen LogP contribution in [0.2, 0.25) is 5.02 Å². The van der Waals surface area contributed by atoms with Gasteiger partial charge in [-0.3, -0.25) is 0 Å². The third-order valence-corrected chi connectivity index (χ3v) is 4.29. The maximum atomic E-state index is 13.9. The van der Waals surface area contributed by atoms with Crippen LogP contribution < -0.4 is 0 Å². The van der Waals surface area contributed by atoms with Crippen LogP contribution in [0.5, 0.6) is 0 Å². The van der Waals surface area contributed by atoms with Crippen molar-refractivity contribution in [2.75, 3.05) is 0 Å². The number of hydrogen-bond donors (Lipinski definition) is 0. The van der Waals surface area contributed by atoms with Gasteiger partial charge in [0.15, 0.2) is 0 Å². The van der Waals surface area contributed by atoms with Gasteiger partial charge in [0.1, 0.15) is 11.6 Å². The molecule has 0 nitrogen and oxygen atoms in total. The highest BCUT2D eigenvalue weighted by molar-refractivity contribution is 9.09. The summed E-state index contributed by atoms with van der Waals surface area (Å²) in [5.41, 5.74) is 3.31. The van der Waals surface area contributed by atoms with E-state index < -0.39 is 16.5 Å². The first-order valence-electron chi connectivity index (χ1n) is 5.76. The quantitative estimate of drug-likeness (QED) is 0.482. The van der Waals surface area contributed by atoms with Crippen LogP contribution in [-0.4, -0.2) is 0 Å². The Bertz CT molecular complexity index is 626. The zero-order valence-electron chi connectivity index (χ0n) is 10.5. The fourth-order valence-corrected chi connectivity index (χ4v) is 3.02. The smallest absolute Gasteiger partial charge is 0.142 e. The number of rotatable bonds is 2. The van der Waals surface area contributed by atoms with E-state index in [0.29, 0.717) is 0 Å². The highest BCUT2D eigenvalue weighted by atomic mass is 79.9. The number of hydrogen-bond acceptors (Lipinski definition) is 0. The van der Waals surface area contributed by atoms with Crippen LogP contribution in [0.3, 0.4) is 0 Å². The van der Waals surface area contributed by atoms with Crippen LogP contribution in [0.4, 0.5) is 8.78 Å². The standard InChI is InChI=1S/C15H12BrClF2/c1-8-3-4-10(9(2)5-8)15(16)11-6-14(19)12(17)7-13(11)18/h3-7,15H,1-2H3. The van der Waals surface area contributed by atoms with Crippen LogP contribution in [0.25, 0.3) is 0 Å². The molecule has 0 spiro atoms. The summed E-state index contributed by atoms with van der Waals surface area (Å²) in [6.07, 6.45) is 0. The zero-order valence-corrected chi connectivity index (χ0v) is 12.8. The van der Waals surface area contributed by atoms with Gasteiger partial charge in [-0.15, -0.1) is 0 Å². The summed E-state index contributed by atoms with van der Waals surface area (Å²) in [4.78, 5) is -0.403. The van der Waals surface area contributed by atoms with Gasteiger partial charge in [-0.2, -0.15) is 0 Å². The third-order valence-electron chi connectivity index (χ3n) is 3.01. The molecule has 2 rings (SSSR count). The van der Waals surface area contributed by atoms with E-state index in [9.17, 15) is 8.78 Å². The summed E-state index contributed by atoms with van der Waals surface area (Å²) in [5.74, 6) is -1.14. The fourth-order valence-electron chi connectivity index (χ4n) is 2.01. The Morgan fingerprint density at radius 1 is 1.00 bits per heavy atom. The van der Waals surface area contributed by atoms with Gasteiger partial charge >= 0.3 is 0 Å². The van der Waals surface area contributed by atoms with Crippen molar-refractivity contribution in [3.8, 4) is 0 Å². The molecule has 0 aliphatic heterocycles. The molecule has 0 N–H and O–H groups in total. The molecule has 4 heteroatoms. The van der Waals surface area contributed by atoms with Crippen LogP contribution in [0.15, 0.2) is 30.3 Å². The second-order valence-electron chi connectivity index (χ2n) is 4.51. The lowest BCUT2D eigenvalue weighted by atomic mass is 9.98. The average Bonchev–Trinajstić information content (AvgIpc) is 2.33. The van der Waals surface area contributed by atoms with Crippen molar-refractivity contribution in [1.29, 1.82) is 0 Å². The molecule has 0 saturated heterocycles. The van der Waals surface area contributed by atoms with Gasteiger partial charge in [-0.25, -0.2) is 8.78 Å². The minimum Gasteiger partial charge on any atom is -0.207 e. The van der Waals surface area contributed by atoms with E-state index in [-0.39, 0.29) is 10.6 Å². The van der Waals surface area contributed by atoms with Crippen molar-refractivity contribution in [3.63, 3.8) is 0 Å². The van der Waals surface area contributed by atoms with E-state index >= 15 is 0 Å². The van der Waals surface area contributed by atoms with E-state index in [2.05, 4.69) is 15.9 Å². The van der Waals surface area contributed by atoms with Crippen LogP contribution in [0, 0.1) is 25.5 Å². The average molecular weight is 346 g/mol. The molecule has 0 radical (unpaired) electrons. The summed E-state index contributed by atoms with van der Waals surface area (Å²) in [6.45, 7) is 3.93. The topological polar surface area (TPSA) is 0 Å². The Labute approximate surface area is 124 Å². The zero-order chi connectivity index (χ0) is 14.2. The first-order valence-corrected chi connectivity index (χ1v) is 7.05. The Kier molecular flexibility index (Phi) is 4.26. The van der Waals surface area contributed by atoms with E-state index in [4.69, 9.17) is 11.6 Å². The van der Waals surface area contributed by atoms with Gasteiger partial charge in [0.2, 0.25) is 0 Å². The van der Waals surface area contributed by atoms with Crippen molar-refractivity contribution >= 4 is 27.5 Å². The van der Waals surface area contributed by atoms with E-state index in [1.807, 2.05) is 32.0 Å². The molecule has 2 aromatic carbocycles. The van der Waals surface area contributed by atoms with Crippen LogP contribution >= 0.6 is 27.5 Å². The molecule has 1 atom stereocenters. The summed E-state index contributed by atoms with van der Waals surface area (Å²) in [6, 6.07) is 8.00. The maximum Gasteiger partial charge on any atom is 0.142 e. The van der Waals surface area contributed by atoms with Crippen molar-refractivity contribution in [1.82, 2.24) is 0 Å². The molecule has 0 bridgehead atoms. The lowest BCUT2D eigenvalue weighted by Gasteiger charge is -2.15. The van der Waals surface area contributed by atoms with Crippen LogP contribution in [-0.2, 0) is 0 Å². The lowest BCUT2D eigenvalue weighted by Crippen LogP contribution is -2.00. The first-order chi connectivity index (χ1) is 8.90. The number of benzene rings is 2. The molecule has 0 saturated carbocycles. The Morgan fingerprint density at radius 2 is 1.68 bits per heavy atom. The number of aryl methyl sites for hydroxylation is 2. The summed E-state index contributed by atoms with van der Waals surface area (Å²) in [5, 5.41) is -0.207. The largest absolute Gasteiger partial charge is 0.207 e. The number of halogens is 4. The van der Waals surface area contributed by atoms with Crippen molar-refractivity contribution in [2.45, 2.75) is 18.7 Å². The SMILES string of the molecule is Cc1ccc(C(Br)c2cc(F)c(Cl)cc2F)c(C)c1. The molecular weight excluding hydrogens is 334 g/mol. The molecule has 2 aromatic rings. The Morgan fingerprint density at radius 3 is 2.32 bits per heavy atom. The highest BCUT2D eigenvalue weighted by Gasteiger charge is 2.19. The second-order valence-corrected chi connectivity index (χ2v) is 5.83. The summed E-state index contributed by atoms with van der Waals surface area (Å²) in [7, 11) is 0. The summed E-state index contributed by atoms with van der Waals surface area (Å²) >= 11 is 8.99. The molecule has 1 unspecified atom stereocenters. The van der Waals surface area contributed by atoms with Gasteiger partial charge in [0.25, 0.3) is 0 Å². The third kappa shape index (κ3) is 2.98. The van der Waals surface area contributed by atoms with E-state index in [0.717, 1.165) is 28.8 Å². The fraction of sp³-hybridized carbons (Fsp3) is 0.200. The van der Waals surface area contributed by atoms with Crippen LogP contribution in [0.1, 0.15) is 27.1 Å². The van der Waals surface area contributed by atoms with Gasteiger partial charge in [0, 0.05) is 5.56 Å². The molecule has 0 fully saturated rings. The van der Waals surface area contributed by atoms with E-state index in [1.165, 1.54) is 0 Å². The predicted octanol–water partition coefficient (Wildman–Crippen LogP) is 5.72. The van der Waals surface area contributed by atoms with Crippen molar-refractivity contribution in [3.05, 3.63) is 69.2 Å². The summed E-state index contributed by atoms with van der Waals surface area (Å²) < 4.78 is 27.4. The van der Waals surface area contributed by atoms with Gasteiger partial charge in [0.05, 0.1) is 9.85 Å². The molecule has 100 valence electrons. The van der Waals surface area contributed by atoms with Gasteiger partial charge < -0.3 is 0 Å². The molecule has 19 heavy (non-hydrogen) atoms. The Balaban J connectivity index is 2.49.